The quantitative estimate of drug-likeness (QED) is 0.505. The van der Waals surface area contributed by atoms with E-state index in [0.717, 1.165) is 18.9 Å². The van der Waals surface area contributed by atoms with Crippen molar-refractivity contribution in [3.05, 3.63) is 0 Å². The number of nitrogens with one attached hydrogen (secondary N) is 1. The van der Waals surface area contributed by atoms with E-state index in [4.69, 9.17) is 0 Å². The first-order valence-electron chi connectivity index (χ1n) is 5.39. The van der Waals surface area contributed by atoms with Gasteiger partial charge in [0.15, 0.2) is 0 Å². The number of ether oxygens (including phenoxy) is 1. The van der Waals surface area contributed by atoms with Crippen LogP contribution in [-0.2, 0) is 9.53 Å². The summed E-state index contributed by atoms with van der Waals surface area (Å²) in [6.45, 7) is 7.17. The van der Waals surface area contributed by atoms with Gasteiger partial charge in [-0.25, -0.2) is 0 Å². The van der Waals surface area contributed by atoms with Crippen molar-refractivity contribution in [2.75, 3.05) is 13.7 Å². The van der Waals surface area contributed by atoms with Crippen LogP contribution in [0.3, 0.4) is 0 Å². The third kappa shape index (κ3) is 6.89. The minimum absolute atomic E-state index is 0.181. The lowest BCUT2D eigenvalue weighted by Gasteiger charge is -2.11. The maximum Gasteiger partial charge on any atom is 0.322 e. The summed E-state index contributed by atoms with van der Waals surface area (Å²) < 4.78 is 4.61. The topological polar surface area (TPSA) is 38.3 Å². The predicted molar refractivity (Wildman–Crippen MR) is 58.2 cm³/mol. The van der Waals surface area contributed by atoms with Crippen molar-refractivity contribution in [1.29, 1.82) is 0 Å². The number of hydrogen-bond acceptors (Lipinski definition) is 3. The molecule has 84 valence electrons. The van der Waals surface area contributed by atoms with Gasteiger partial charge < -0.3 is 10.1 Å². The van der Waals surface area contributed by atoms with E-state index in [1.165, 1.54) is 20.0 Å². The van der Waals surface area contributed by atoms with Crippen LogP contribution in [0.5, 0.6) is 0 Å². The van der Waals surface area contributed by atoms with E-state index in [2.05, 4.69) is 23.9 Å². The predicted octanol–water partition coefficient (Wildman–Crippen LogP) is 1.96. The van der Waals surface area contributed by atoms with Gasteiger partial charge in [-0.1, -0.05) is 26.7 Å². The van der Waals surface area contributed by atoms with Crippen LogP contribution in [0.1, 0.15) is 40.0 Å². The highest BCUT2D eigenvalue weighted by molar-refractivity contribution is 5.74. The molecule has 0 heterocycles. The number of unbranched alkanes of at least 4 members (excludes halogenated alkanes) is 1. The highest BCUT2D eigenvalue weighted by Crippen LogP contribution is 2.05. The van der Waals surface area contributed by atoms with Crippen LogP contribution in [0.2, 0.25) is 0 Å². The van der Waals surface area contributed by atoms with Crippen molar-refractivity contribution in [2.45, 2.75) is 46.1 Å². The monoisotopic (exact) mass is 201 g/mol. The molecule has 0 aliphatic heterocycles. The van der Waals surface area contributed by atoms with Crippen molar-refractivity contribution >= 4 is 5.97 Å². The Balaban J connectivity index is 3.31. The molecule has 0 spiro atoms. The van der Waals surface area contributed by atoms with E-state index in [1.54, 1.807) is 0 Å². The van der Waals surface area contributed by atoms with Crippen LogP contribution in [-0.4, -0.2) is 25.7 Å². The van der Waals surface area contributed by atoms with Gasteiger partial charge in [0.1, 0.15) is 6.04 Å². The van der Waals surface area contributed by atoms with Gasteiger partial charge >= 0.3 is 5.97 Å². The molecule has 1 atom stereocenters. The van der Waals surface area contributed by atoms with Crippen LogP contribution in [0.4, 0.5) is 0 Å². The van der Waals surface area contributed by atoms with Crippen LogP contribution in [0, 0.1) is 5.92 Å². The molecule has 0 bridgehead atoms. The molecular formula is C11H23NO2. The van der Waals surface area contributed by atoms with Crippen molar-refractivity contribution in [2.24, 2.45) is 5.92 Å². The highest BCUT2D eigenvalue weighted by atomic mass is 16.5. The summed E-state index contributed by atoms with van der Waals surface area (Å²) in [7, 11) is 1.42. The molecule has 0 fully saturated rings. The summed E-state index contributed by atoms with van der Waals surface area (Å²) >= 11 is 0. The molecule has 0 aliphatic carbocycles. The summed E-state index contributed by atoms with van der Waals surface area (Å²) in [6, 6.07) is -0.181. The lowest BCUT2D eigenvalue weighted by atomic mass is 10.1. The summed E-state index contributed by atoms with van der Waals surface area (Å²) in [5.41, 5.74) is 0. The summed E-state index contributed by atoms with van der Waals surface area (Å²) in [4.78, 5) is 11.0. The minimum atomic E-state index is -0.186. The molecule has 0 saturated heterocycles. The van der Waals surface area contributed by atoms with E-state index in [1.807, 2.05) is 6.92 Å². The molecule has 14 heavy (non-hydrogen) atoms. The molecule has 0 amide bonds. The summed E-state index contributed by atoms with van der Waals surface area (Å²) in [5, 5.41) is 3.13. The van der Waals surface area contributed by atoms with Gasteiger partial charge in [0.05, 0.1) is 7.11 Å². The van der Waals surface area contributed by atoms with Crippen molar-refractivity contribution < 1.29 is 9.53 Å². The number of methoxy groups -OCH3 is 1. The standard InChI is InChI=1S/C11H23NO2/c1-9(2)7-5-6-8-12-10(3)11(13)14-4/h9-10,12H,5-8H2,1-4H3. The number of rotatable bonds is 7. The molecule has 3 nitrogen and oxygen atoms in total. The van der Waals surface area contributed by atoms with Crippen LogP contribution in [0.25, 0.3) is 0 Å². The number of carbonyl (C=O) groups is 1. The molecule has 0 radical (unpaired) electrons. The normalized spacial score (nSPS) is 12.9. The number of carbonyl (C=O) groups excluding carboxylic acids is 1. The molecule has 0 aromatic heterocycles. The van der Waals surface area contributed by atoms with E-state index in [9.17, 15) is 4.79 Å². The molecule has 0 rings (SSSR count). The Morgan fingerprint density at radius 1 is 1.29 bits per heavy atom. The first-order valence-corrected chi connectivity index (χ1v) is 5.39. The Bertz CT molecular complexity index is 157. The zero-order valence-corrected chi connectivity index (χ0v) is 9.80. The number of hydrogen-bond donors (Lipinski definition) is 1. The third-order valence-corrected chi connectivity index (χ3v) is 2.21. The summed E-state index contributed by atoms with van der Waals surface area (Å²) in [6.07, 6.45) is 3.60. The Hall–Kier alpha value is -0.570. The largest absolute Gasteiger partial charge is 0.468 e. The smallest absolute Gasteiger partial charge is 0.322 e. The molecular weight excluding hydrogens is 178 g/mol. The maximum atomic E-state index is 11.0. The van der Waals surface area contributed by atoms with E-state index in [0.29, 0.717) is 0 Å². The Kier molecular flexibility index (Phi) is 7.48. The van der Waals surface area contributed by atoms with Gasteiger partial charge in [0.2, 0.25) is 0 Å². The van der Waals surface area contributed by atoms with E-state index in [-0.39, 0.29) is 12.0 Å². The fraction of sp³-hybridized carbons (Fsp3) is 0.909. The second-order valence-corrected chi connectivity index (χ2v) is 4.09. The molecule has 1 unspecified atom stereocenters. The Morgan fingerprint density at radius 2 is 1.93 bits per heavy atom. The fourth-order valence-electron chi connectivity index (χ4n) is 1.26. The van der Waals surface area contributed by atoms with Crippen molar-refractivity contribution in [3.63, 3.8) is 0 Å². The zero-order valence-electron chi connectivity index (χ0n) is 9.80. The van der Waals surface area contributed by atoms with Gasteiger partial charge in [-0.15, -0.1) is 0 Å². The Morgan fingerprint density at radius 3 is 2.43 bits per heavy atom. The van der Waals surface area contributed by atoms with Crippen molar-refractivity contribution in [3.8, 4) is 0 Å². The SMILES string of the molecule is COC(=O)C(C)NCCCCC(C)C. The van der Waals surface area contributed by atoms with Crippen LogP contribution in [0.15, 0.2) is 0 Å². The third-order valence-electron chi connectivity index (χ3n) is 2.21. The van der Waals surface area contributed by atoms with Crippen LogP contribution < -0.4 is 5.32 Å². The Labute approximate surface area is 87.2 Å². The molecule has 0 saturated carbocycles. The maximum absolute atomic E-state index is 11.0. The highest BCUT2D eigenvalue weighted by Gasteiger charge is 2.10. The average molecular weight is 201 g/mol. The second kappa shape index (κ2) is 7.80. The van der Waals surface area contributed by atoms with Gasteiger partial charge in [-0.3, -0.25) is 4.79 Å². The lowest BCUT2D eigenvalue weighted by Crippen LogP contribution is -2.35. The van der Waals surface area contributed by atoms with E-state index < -0.39 is 0 Å². The first-order chi connectivity index (χ1) is 6.57. The molecule has 0 aromatic rings. The van der Waals surface area contributed by atoms with Gasteiger partial charge in [0.25, 0.3) is 0 Å². The summed E-state index contributed by atoms with van der Waals surface area (Å²) in [5.74, 6) is 0.585. The zero-order chi connectivity index (χ0) is 11.0. The minimum Gasteiger partial charge on any atom is -0.468 e. The molecule has 3 heteroatoms. The first kappa shape index (κ1) is 13.4. The van der Waals surface area contributed by atoms with Gasteiger partial charge in [-0.2, -0.15) is 0 Å². The molecule has 0 aliphatic rings. The fourth-order valence-corrected chi connectivity index (χ4v) is 1.26. The lowest BCUT2D eigenvalue weighted by molar-refractivity contribution is -0.142. The average Bonchev–Trinajstić information content (AvgIpc) is 2.15. The van der Waals surface area contributed by atoms with Crippen molar-refractivity contribution in [1.82, 2.24) is 5.32 Å². The van der Waals surface area contributed by atoms with Gasteiger partial charge in [-0.05, 0) is 25.8 Å². The second-order valence-electron chi connectivity index (χ2n) is 4.09. The van der Waals surface area contributed by atoms with E-state index >= 15 is 0 Å². The molecule has 1 N–H and O–H groups in total. The van der Waals surface area contributed by atoms with Gasteiger partial charge in [0, 0.05) is 0 Å². The van der Waals surface area contributed by atoms with Crippen LogP contribution >= 0.6 is 0 Å². The number of esters is 1. The molecule has 0 aromatic carbocycles.